The van der Waals surface area contributed by atoms with Crippen molar-refractivity contribution in [2.75, 3.05) is 0 Å². The van der Waals surface area contributed by atoms with Gasteiger partial charge in [0.1, 0.15) is 0 Å². The highest BCUT2D eigenvalue weighted by atomic mass is 14.3. The van der Waals surface area contributed by atoms with Crippen molar-refractivity contribution in [2.24, 2.45) is 0 Å². The Morgan fingerprint density at radius 2 is 0.923 bits per heavy atom. The molecule has 0 aliphatic carbocycles. The van der Waals surface area contributed by atoms with Crippen molar-refractivity contribution in [3.05, 3.63) is 71.3 Å². The van der Waals surface area contributed by atoms with E-state index in [4.69, 9.17) is 0 Å². The third-order valence-corrected chi connectivity index (χ3v) is 5.14. The zero-order valence-electron chi connectivity index (χ0n) is 13.5. The molecule has 26 heavy (non-hydrogen) atoms. The zero-order valence-corrected chi connectivity index (χ0v) is 13.5. The van der Waals surface area contributed by atoms with Crippen LogP contribution in [0.2, 0.25) is 0 Å². The molecule has 0 saturated heterocycles. The van der Waals surface area contributed by atoms with E-state index in [-0.39, 0.29) is 0 Å². The molecule has 0 N–H and O–H groups in total. The van der Waals surface area contributed by atoms with E-state index in [9.17, 15) is 15.8 Å². The predicted octanol–water partition coefficient (Wildman–Crippen LogP) is 5.35. The fraction of sp³-hybridized carbons (Fsp3) is 0. The van der Waals surface area contributed by atoms with Gasteiger partial charge < -0.3 is 0 Å². The molecule has 0 aliphatic heterocycles. The van der Waals surface area contributed by atoms with Crippen molar-refractivity contribution < 1.29 is 0 Å². The molecule has 5 rings (SSSR count). The highest BCUT2D eigenvalue weighted by Gasteiger charge is 2.18. The van der Waals surface area contributed by atoms with Crippen molar-refractivity contribution in [3.63, 3.8) is 0 Å². The van der Waals surface area contributed by atoms with E-state index >= 15 is 0 Å². The Bertz CT molecular complexity index is 1510. The second-order valence-corrected chi connectivity index (χ2v) is 6.30. The molecule has 0 saturated carbocycles. The van der Waals surface area contributed by atoms with Gasteiger partial charge in [-0.25, -0.2) is 0 Å². The smallest absolute Gasteiger partial charge is 0.0998 e. The number of nitrogens with zero attached hydrogens (tertiary/aromatic N) is 3. The van der Waals surface area contributed by atoms with Gasteiger partial charge in [0.15, 0.2) is 0 Å². The highest BCUT2D eigenvalue weighted by molar-refractivity contribution is 6.34. The second-order valence-electron chi connectivity index (χ2n) is 6.30. The van der Waals surface area contributed by atoms with Crippen molar-refractivity contribution >= 4 is 43.1 Å². The van der Waals surface area contributed by atoms with Gasteiger partial charge in [-0.15, -0.1) is 0 Å². The van der Waals surface area contributed by atoms with Gasteiger partial charge in [0.2, 0.25) is 0 Å². The SMILES string of the molecule is N#Cc1ccc2c3ccc(C#N)c4ccc(C#N)c(c5cccc1c25)c43. The average Bonchev–Trinajstić information content (AvgIpc) is 2.70. The van der Waals surface area contributed by atoms with E-state index in [1.165, 1.54) is 0 Å². The summed E-state index contributed by atoms with van der Waals surface area (Å²) in [5.74, 6) is 0. The van der Waals surface area contributed by atoms with Gasteiger partial charge in [0.05, 0.1) is 34.9 Å². The van der Waals surface area contributed by atoms with Gasteiger partial charge in [0.25, 0.3) is 0 Å². The molecule has 0 spiro atoms. The first-order chi connectivity index (χ1) is 12.8. The molecule has 3 heteroatoms. The molecular formula is C23H9N3. The molecule has 3 nitrogen and oxygen atoms in total. The first-order valence-electron chi connectivity index (χ1n) is 8.15. The van der Waals surface area contributed by atoms with Crippen LogP contribution < -0.4 is 0 Å². The Morgan fingerprint density at radius 3 is 1.58 bits per heavy atom. The fourth-order valence-electron chi connectivity index (χ4n) is 4.08. The quantitative estimate of drug-likeness (QED) is 0.284. The molecular weight excluding hydrogens is 318 g/mol. The molecule has 0 fully saturated rings. The molecule has 0 atom stereocenters. The monoisotopic (exact) mass is 327 g/mol. The third kappa shape index (κ3) is 1.58. The summed E-state index contributed by atoms with van der Waals surface area (Å²) in [6.45, 7) is 0. The number of benzene rings is 5. The molecule has 0 aromatic heterocycles. The molecule has 0 heterocycles. The maximum Gasteiger partial charge on any atom is 0.0998 e. The summed E-state index contributed by atoms with van der Waals surface area (Å²) < 4.78 is 0. The van der Waals surface area contributed by atoms with E-state index in [1.807, 2.05) is 48.5 Å². The van der Waals surface area contributed by atoms with Crippen LogP contribution in [0.25, 0.3) is 43.1 Å². The fourth-order valence-corrected chi connectivity index (χ4v) is 4.08. The molecule has 5 aromatic carbocycles. The number of rotatable bonds is 0. The van der Waals surface area contributed by atoms with Gasteiger partial charge in [0, 0.05) is 21.5 Å². The van der Waals surface area contributed by atoms with Crippen molar-refractivity contribution in [2.45, 2.75) is 0 Å². The number of fused-ring (bicyclic) bond motifs is 2. The molecule has 0 unspecified atom stereocenters. The van der Waals surface area contributed by atoms with Gasteiger partial charge in [-0.2, -0.15) is 15.8 Å². The first kappa shape index (κ1) is 14.2. The van der Waals surface area contributed by atoms with Crippen molar-refractivity contribution in [1.29, 1.82) is 15.8 Å². The Kier molecular flexibility index (Phi) is 2.70. The normalized spacial score (nSPS) is 11.0. The summed E-state index contributed by atoms with van der Waals surface area (Å²) in [5, 5.41) is 36.2. The van der Waals surface area contributed by atoms with Crippen LogP contribution in [-0.4, -0.2) is 0 Å². The van der Waals surface area contributed by atoms with Crippen LogP contribution in [0, 0.1) is 34.0 Å². The lowest BCUT2D eigenvalue weighted by atomic mass is 9.86. The van der Waals surface area contributed by atoms with Crippen LogP contribution in [0.3, 0.4) is 0 Å². The Hall–Kier alpha value is -4.13. The minimum Gasteiger partial charge on any atom is -0.192 e. The number of hydrogen-bond donors (Lipinski definition) is 0. The Balaban J connectivity index is 2.26. The van der Waals surface area contributed by atoms with E-state index in [2.05, 4.69) is 18.2 Å². The van der Waals surface area contributed by atoms with Gasteiger partial charge >= 0.3 is 0 Å². The minimum absolute atomic E-state index is 0.578. The van der Waals surface area contributed by atoms with Crippen LogP contribution in [0.4, 0.5) is 0 Å². The van der Waals surface area contributed by atoms with Crippen molar-refractivity contribution in [3.8, 4) is 18.2 Å². The Labute approximate surface area is 148 Å². The van der Waals surface area contributed by atoms with Crippen LogP contribution in [-0.2, 0) is 0 Å². The first-order valence-corrected chi connectivity index (χ1v) is 8.15. The summed E-state index contributed by atoms with van der Waals surface area (Å²) in [6.07, 6.45) is 0. The molecule has 0 radical (unpaired) electrons. The predicted molar refractivity (Wildman–Crippen MR) is 102 cm³/mol. The van der Waals surface area contributed by atoms with Crippen LogP contribution >= 0.6 is 0 Å². The summed E-state index contributed by atoms with van der Waals surface area (Å²) in [7, 11) is 0. The summed E-state index contributed by atoms with van der Waals surface area (Å²) in [6, 6.07) is 23.9. The maximum absolute atomic E-state index is 9.69. The summed E-state index contributed by atoms with van der Waals surface area (Å²) in [4.78, 5) is 0. The van der Waals surface area contributed by atoms with E-state index in [0.29, 0.717) is 16.7 Å². The minimum atomic E-state index is 0.578. The summed E-state index contributed by atoms with van der Waals surface area (Å²) in [5.41, 5.74) is 1.79. The van der Waals surface area contributed by atoms with Crippen LogP contribution in [0.5, 0.6) is 0 Å². The van der Waals surface area contributed by atoms with Crippen LogP contribution in [0.15, 0.2) is 54.6 Å². The maximum atomic E-state index is 9.69. The van der Waals surface area contributed by atoms with E-state index in [0.717, 1.165) is 43.1 Å². The lowest BCUT2D eigenvalue weighted by Gasteiger charge is -2.16. The number of nitriles is 3. The molecule has 0 aliphatic rings. The van der Waals surface area contributed by atoms with Gasteiger partial charge in [-0.1, -0.05) is 36.4 Å². The molecule has 0 amide bonds. The standard InChI is InChI=1S/C23H9N3/c24-10-13-4-8-18-19-9-5-14(11-25)17-7-6-15(12-26)21(23(17)19)20-3-1-2-16(13)22(18)20/h1-9H. The van der Waals surface area contributed by atoms with Crippen LogP contribution in [0.1, 0.15) is 16.7 Å². The molecule has 5 aromatic rings. The summed E-state index contributed by atoms with van der Waals surface area (Å²) >= 11 is 0. The largest absolute Gasteiger partial charge is 0.192 e. The Morgan fingerprint density at radius 1 is 0.423 bits per heavy atom. The highest BCUT2D eigenvalue weighted by Crippen LogP contribution is 2.42. The van der Waals surface area contributed by atoms with Gasteiger partial charge in [-0.3, -0.25) is 0 Å². The lowest BCUT2D eigenvalue weighted by molar-refractivity contribution is 1.50. The molecule has 0 bridgehead atoms. The van der Waals surface area contributed by atoms with E-state index in [1.54, 1.807) is 6.07 Å². The van der Waals surface area contributed by atoms with E-state index < -0.39 is 0 Å². The topological polar surface area (TPSA) is 71.4 Å². The number of hydrogen-bond acceptors (Lipinski definition) is 3. The van der Waals surface area contributed by atoms with Crippen molar-refractivity contribution in [1.82, 2.24) is 0 Å². The second kappa shape index (κ2) is 4.93. The zero-order chi connectivity index (χ0) is 17.8. The lowest BCUT2D eigenvalue weighted by Crippen LogP contribution is -1.92. The third-order valence-electron chi connectivity index (χ3n) is 5.14. The van der Waals surface area contributed by atoms with Gasteiger partial charge in [-0.05, 0) is 39.7 Å². The average molecular weight is 327 g/mol. The molecule has 116 valence electrons.